The predicted octanol–water partition coefficient (Wildman–Crippen LogP) is 4.46. The van der Waals surface area contributed by atoms with Crippen LogP contribution in [-0.4, -0.2) is 22.2 Å². The van der Waals surface area contributed by atoms with Crippen LogP contribution in [0.5, 0.6) is 11.5 Å². The van der Waals surface area contributed by atoms with Crippen LogP contribution in [-0.2, 0) is 0 Å². The molecule has 3 N–H and O–H groups in total. The number of fused-ring (bicyclic) bond motifs is 1. The highest BCUT2D eigenvalue weighted by molar-refractivity contribution is 7.80. The fourth-order valence-corrected chi connectivity index (χ4v) is 2.89. The van der Waals surface area contributed by atoms with Crippen LogP contribution in [0.4, 0.5) is 5.69 Å². The van der Waals surface area contributed by atoms with Gasteiger partial charge in [0.1, 0.15) is 11.5 Å². The molecule has 27 heavy (non-hydrogen) atoms. The molecule has 1 amide bonds. The van der Waals surface area contributed by atoms with Crippen LogP contribution in [0.3, 0.4) is 0 Å². The van der Waals surface area contributed by atoms with E-state index in [9.17, 15) is 9.90 Å². The fraction of sp³-hybridized carbons (Fsp3) is 0.143. The first-order valence-electron chi connectivity index (χ1n) is 8.53. The first-order chi connectivity index (χ1) is 12.9. The summed E-state index contributed by atoms with van der Waals surface area (Å²) in [4.78, 5) is 12.5. The molecule has 0 saturated heterocycles. The van der Waals surface area contributed by atoms with Gasteiger partial charge in [0.2, 0.25) is 0 Å². The summed E-state index contributed by atoms with van der Waals surface area (Å²) in [7, 11) is 0. The number of rotatable bonds is 4. The first-order valence-corrected chi connectivity index (χ1v) is 8.94. The lowest BCUT2D eigenvalue weighted by atomic mass is 10.1. The molecule has 0 spiro atoms. The van der Waals surface area contributed by atoms with Crippen LogP contribution in [0.25, 0.3) is 10.8 Å². The first kappa shape index (κ1) is 18.7. The number of hydrogen-bond acceptors (Lipinski definition) is 4. The second-order valence-corrected chi connectivity index (χ2v) is 6.72. The maximum Gasteiger partial charge on any atom is 0.257 e. The normalized spacial score (nSPS) is 10.6. The minimum Gasteiger partial charge on any atom is -0.508 e. The van der Waals surface area contributed by atoms with E-state index in [-0.39, 0.29) is 22.9 Å². The van der Waals surface area contributed by atoms with E-state index >= 15 is 0 Å². The second kappa shape index (κ2) is 8.05. The van der Waals surface area contributed by atoms with E-state index in [0.29, 0.717) is 11.3 Å². The van der Waals surface area contributed by atoms with E-state index < -0.39 is 0 Å². The molecule has 138 valence electrons. The lowest BCUT2D eigenvalue weighted by Crippen LogP contribution is -2.34. The largest absolute Gasteiger partial charge is 0.508 e. The van der Waals surface area contributed by atoms with Gasteiger partial charge in [-0.2, -0.15) is 0 Å². The third-order valence-electron chi connectivity index (χ3n) is 3.81. The van der Waals surface area contributed by atoms with Crippen LogP contribution in [0.15, 0.2) is 60.7 Å². The fourth-order valence-electron chi connectivity index (χ4n) is 2.69. The smallest absolute Gasteiger partial charge is 0.257 e. The molecule has 0 radical (unpaired) electrons. The summed E-state index contributed by atoms with van der Waals surface area (Å²) in [5.41, 5.74) is 1.20. The number of hydrogen-bond donors (Lipinski definition) is 3. The Balaban J connectivity index is 1.72. The number of phenols is 1. The number of phenolic OH excluding ortho intramolecular Hbond substituents is 1. The summed E-state index contributed by atoms with van der Waals surface area (Å²) in [6.45, 7) is 3.85. The van der Waals surface area contributed by atoms with E-state index in [1.807, 2.05) is 32.0 Å². The number of benzene rings is 3. The predicted molar refractivity (Wildman–Crippen MR) is 112 cm³/mol. The van der Waals surface area contributed by atoms with Gasteiger partial charge in [-0.1, -0.05) is 18.2 Å². The Bertz CT molecular complexity index is 1000. The monoisotopic (exact) mass is 380 g/mol. The molecule has 0 atom stereocenters. The maximum atomic E-state index is 12.5. The van der Waals surface area contributed by atoms with E-state index in [0.717, 1.165) is 16.5 Å². The number of thiocarbonyl (C=S) groups is 1. The minimum atomic E-state index is -0.320. The van der Waals surface area contributed by atoms with Gasteiger partial charge in [-0.25, -0.2) is 0 Å². The van der Waals surface area contributed by atoms with E-state index in [4.69, 9.17) is 17.0 Å². The molecule has 5 nitrogen and oxygen atoms in total. The molecule has 6 heteroatoms. The highest BCUT2D eigenvalue weighted by atomic mass is 32.1. The molecule has 3 aromatic rings. The van der Waals surface area contributed by atoms with E-state index in [2.05, 4.69) is 10.6 Å². The van der Waals surface area contributed by atoms with Crippen molar-refractivity contribution < 1.29 is 14.6 Å². The molecule has 3 rings (SSSR count). The number of carbonyl (C=O) groups is 1. The summed E-state index contributed by atoms with van der Waals surface area (Å²) < 4.78 is 5.61. The van der Waals surface area contributed by atoms with Gasteiger partial charge in [-0.05, 0) is 73.9 Å². The van der Waals surface area contributed by atoms with Crippen LogP contribution >= 0.6 is 12.2 Å². The molecule has 0 aliphatic carbocycles. The molecule has 0 aliphatic rings. The van der Waals surface area contributed by atoms with Gasteiger partial charge in [0.05, 0.1) is 6.10 Å². The van der Waals surface area contributed by atoms with Crippen LogP contribution in [0.1, 0.15) is 24.2 Å². The van der Waals surface area contributed by atoms with Crippen molar-refractivity contribution >= 4 is 39.7 Å². The van der Waals surface area contributed by atoms with Gasteiger partial charge in [0.15, 0.2) is 5.11 Å². The van der Waals surface area contributed by atoms with Gasteiger partial charge < -0.3 is 15.2 Å². The average Bonchev–Trinajstić information content (AvgIpc) is 2.61. The zero-order chi connectivity index (χ0) is 19.4. The molecule has 3 aromatic carbocycles. The van der Waals surface area contributed by atoms with Crippen molar-refractivity contribution in [1.29, 1.82) is 0 Å². The SMILES string of the molecule is CC(C)Oc1cccc(C(=O)NC(=S)Nc2cccc3cc(O)ccc23)c1. The summed E-state index contributed by atoms with van der Waals surface area (Å²) in [6, 6.07) is 17.6. The van der Waals surface area contributed by atoms with E-state index in [1.54, 1.807) is 42.5 Å². The summed E-state index contributed by atoms with van der Waals surface area (Å²) in [6.07, 6.45) is 0.0249. The van der Waals surface area contributed by atoms with Gasteiger partial charge in [-0.3, -0.25) is 10.1 Å². The second-order valence-electron chi connectivity index (χ2n) is 6.31. The number of aromatic hydroxyl groups is 1. The molecular weight excluding hydrogens is 360 g/mol. The van der Waals surface area contributed by atoms with Gasteiger partial charge in [0.25, 0.3) is 5.91 Å². The molecule has 0 bridgehead atoms. The maximum absolute atomic E-state index is 12.5. The summed E-state index contributed by atoms with van der Waals surface area (Å²) >= 11 is 5.28. The van der Waals surface area contributed by atoms with Crippen molar-refractivity contribution in [2.75, 3.05) is 5.32 Å². The lowest BCUT2D eigenvalue weighted by Gasteiger charge is -2.13. The summed E-state index contributed by atoms with van der Waals surface area (Å²) in [5.74, 6) is 0.504. The standard InChI is InChI=1S/C21H20N2O3S/c1-13(2)26-17-7-3-6-15(12-17)20(25)23-21(27)22-19-8-4-5-14-11-16(24)9-10-18(14)19/h3-13,24H,1-2H3,(H2,22,23,25,27). The molecule has 0 aliphatic heterocycles. The Morgan fingerprint density at radius 1 is 1.07 bits per heavy atom. The van der Waals surface area contributed by atoms with Crippen LogP contribution < -0.4 is 15.4 Å². The highest BCUT2D eigenvalue weighted by Crippen LogP contribution is 2.26. The molecule has 0 fully saturated rings. The molecular formula is C21H20N2O3S. The molecule has 0 heterocycles. The highest BCUT2D eigenvalue weighted by Gasteiger charge is 2.11. The topological polar surface area (TPSA) is 70.6 Å². The van der Waals surface area contributed by atoms with Crippen molar-refractivity contribution in [2.24, 2.45) is 0 Å². The Kier molecular flexibility index (Phi) is 5.57. The summed E-state index contributed by atoms with van der Waals surface area (Å²) in [5, 5.41) is 17.3. The number of anilines is 1. The number of amides is 1. The van der Waals surface area contributed by atoms with Crippen LogP contribution in [0, 0.1) is 0 Å². The zero-order valence-corrected chi connectivity index (χ0v) is 15.8. The van der Waals surface area contributed by atoms with Crippen molar-refractivity contribution in [1.82, 2.24) is 5.32 Å². The van der Waals surface area contributed by atoms with Crippen LogP contribution in [0.2, 0.25) is 0 Å². The lowest BCUT2D eigenvalue weighted by molar-refractivity contribution is 0.0977. The number of nitrogens with one attached hydrogen (secondary N) is 2. The third kappa shape index (κ3) is 4.74. The van der Waals surface area contributed by atoms with Crippen molar-refractivity contribution in [3.8, 4) is 11.5 Å². The Labute approximate surface area is 163 Å². The van der Waals surface area contributed by atoms with Crippen molar-refractivity contribution in [3.63, 3.8) is 0 Å². The molecule has 0 aromatic heterocycles. The number of ether oxygens (including phenoxy) is 1. The Morgan fingerprint density at radius 3 is 2.63 bits per heavy atom. The average molecular weight is 380 g/mol. The molecule has 0 saturated carbocycles. The Morgan fingerprint density at radius 2 is 1.85 bits per heavy atom. The van der Waals surface area contributed by atoms with Gasteiger partial charge in [-0.15, -0.1) is 0 Å². The van der Waals surface area contributed by atoms with E-state index in [1.165, 1.54) is 0 Å². The van der Waals surface area contributed by atoms with Crippen molar-refractivity contribution in [3.05, 3.63) is 66.2 Å². The Hall–Kier alpha value is -3.12. The van der Waals surface area contributed by atoms with Crippen molar-refractivity contribution in [2.45, 2.75) is 20.0 Å². The number of carbonyl (C=O) groups excluding carboxylic acids is 1. The third-order valence-corrected chi connectivity index (χ3v) is 4.01. The zero-order valence-electron chi connectivity index (χ0n) is 15.0. The minimum absolute atomic E-state index is 0.0249. The quantitative estimate of drug-likeness (QED) is 0.583. The molecule has 0 unspecified atom stereocenters. The van der Waals surface area contributed by atoms with Gasteiger partial charge in [0, 0.05) is 16.6 Å². The van der Waals surface area contributed by atoms with Gasteiger partial charge >= 0.3 is 0 Å².